The maximum absolute atomic E-state index is 5.16. The van der Waals surface area contributed by atoms with Crippen LogP contribution in [0.5, 0.6) is 0 Å². The van der Waals surface area contributed by atoms with Crippen molar-refractivity contribution in [2.75, 3.05) is 0 Å². The summed E-state index contributed by atoms with van der Waals surface area (Å²) in [4.78, 5) is 8.21. The van der Waals surface area contributed by atoms with Gasteiger partial charge in [-0.25, -0.2) is 4.98 Å². The molecule has 0 aliphatic heterocycles. The van der Waals surface area contributed by atoms with Crippen LogP contribution in [0.1, 0.15) is 11.5 Å². The van der Waals surface area contributed by atoms with E-state index in [4.69, 9.17) is 4.52 Å². The van der Waals surface area contributed by atoms with E-state index in [2.05, 4.69) is 41.3 Å². The van der Waals surface area contributed by atoms with E-state index in [1.54, 1.807) is 0 Å². The van der Waals surface area contributed by atoms with Gasteiger partial charge in [-0.1, -0.05) is 33.2 Å². The predicted octanol–water partition coefficient (Wildman–Crippen LogP) is 2.21. The van der Waals surface area contributed by atoms with Crippen molar-refractivity contribution in [1.82, 2.24) is 25.3 Å². The summed E-state index contributed by atoms with van der Waals surface area (Å²) in [6.45, 7) is 0. The molecule has 6 nitrogen and oxygen atoms in total. The standard InChI is InChI=1S/C11H8BrN5O/c12-8-3-1-7(2-4-8)5-9-15-11(17-18-9)10-13-6-14-16-10/h1-4,6H,5H2,(H,13,14,16). The summed E-state index contributed by atoms with van der Waals surface area (Å²) in [5, 5.41) is 10.3. The molecule has 1 N–H and O–H groups in total. The molecule has 0 atom stereocenters. The van der Waals surface area contributed by atoms with Crippen molar-refractivity contribution in [3.63, 3.8) is 0 Å². The SMILES string of the molecule is Brc1ccc(Cc2nc(-c3ncn[nH]3)no2)cc1. The summed E-state index contributed by atoms with van der Waals surface area (Å²) in [5.41, 5.74) is 1.10. The molecule has 0 radical (unpaired) electrons. The number of benzene rings is 1. The van der Waals surface area contributed by atoms with Crippen LogP contribution in [0.2, 0.25) is 0 Å². The molecule has 7 heteroatoms. The third-order valence-corrected chi connectivity index (χ3v) is 2.89. The fourth-order valence-corrected chi connectivity index (χ4v) is 1.78. The number of aromatic nitrogens is 5. The molecule has 0 saturated carbocycles. The van der Waals surface area contributed by atoms with E-state index in [1.807, 2.05) is 24.3 Å². The van der Waals surface area contributed by atoms with Crippen molar-refractivity contribution in [1.29, 1.82) is 0 Å². The smallest absolute Gasteiger partial charge is 0.239 e. The molecule has 0 spiro atoms. The van der Waals surface area contributed by atoms with Gasteiger partial charge in [0.05, 0.1) is 6.42 Å². The van der Waals surface area contributed by atoms with Crippen molar-refractivity contribution >= 4 is 15.9 Å². The monoisotopic (exact) mass is 305 g/mol. The third-order valence-electron chi connectivity index (χ3n) is 2.36. The molecule has 0 bridgehead atoms. The summed E-state index contributed by atoms with van der Waals surface area (Å²) in [5.74, 6) is 1.46. The lowest BCUT2D eigenvalue weighted by Crippen LogP contribution is -1.89. The second-order valence-corrected chi connectivity index (χ2v) is 4.56. The molecule has 0 amide bonds. The molecule has 2 heterocycles. The second-order valence-electron chi connectivity index (χ2n) is 3.65. The Balaban J connectivity index is 1.80. The lowest BCUT2D eigenvalue weighted by atomic mass is 10.1. The fraction of sp³-hybridized carbons (Fsp3) is 0.0909. The van der Waals surface area contributed by atoms with Gasteiger partial charge in [0.1, 0.15) is 6.33 Å². The molecule has 0 unspecified atom stereocenters. The Kier molecular flexibility index (Phi) is 2.89. The predicted molar refractivity (Wildman–Crippen MR) is 66.6 cm³/mol. The topological polar surface area (TPSA) is 80.5 Å². The highest BCUT2D eigenvalue weighted by atomic mass is 79.9. The number of nitrogens with one attached hydrogen (secondary N) is 1. The summed E-state index contributed by atoms with van der Waals surface area (Å²) in [7, 11) is 0. The Bertz CT molecular complexity index is 632. The average Bonchev–Trinajstić information content (AvgIpc) is 3.02. The fourth-order valence-electron chi connectivity index (χ4n) is 1.51. The second kappa shape index (κ2) is 4.69. The minimum absolute atomic E-state index is 0.416. The molecular formula is C11H8BrN5O. The third kappa shape index (κ3) is 2.30. The van der Waals surface area contributed by atoms with Gasteiger partial charge in [0.25, 0.3) is 0 Å². The van der Waals surface area contributed by atoms with Crippen LogP contribution in [0, 0.1) is 0 Å². The van der Waals surface area contributed by atoms with Gasteiger partial charge < -0.3 is 4.52 Å². The zero-order chi connectivity index (χ0) is 12.4. The van der Waals surface area contributed by atoms with Gasteiger partial charge in [-0.3, -0.25) is 5.10 Å². The highest BCUT2D eigenvalue weighted by Crippen LogP contribution is 2.15. The summed E-state index contributed by atoms with van der Waals surface area (Å²) >= 11 is 3.39. The number of hydrogen-bond donors (Lipinski definition) is 1. The van der Waals surface area contributed by atoms with Gasteiger partial charge in [-0.2, -0.15) is 10.1 Å². The van der Waals surface area contributed by atoms with Crippen molar-refractivity contribution in [3.8, 4) is 11.6 Å². The Morgan fingerprint density at radius 2 is 2.06 bits per heavy atom. The molecule has 1 aromatic carbocycles. The maximum Gasteiger partial charge on any atom is 0.239 e. The quantitative estimate of drug-likeness (QED) is 0.802. The Hall–Kier alpha value is -2.02. The van der Waals surface area contributed by atoms with E-state index in [0.717, 1.165) is 10.0 Å². The summed E-state index contributed by atoms with van der Waals surface area (Å²) in [6.07, 6.45) is 1.99. The van der Waals surface area contributed by atoms with E-state index >= 15 is 0 Å². The Labute approximate surface area is 111 Å². The number of hydrogen-bond acceptors (Lipinski definition) is 5. The maximum atomic E-state index is 5.16. The molecule has 0 aliphatic carbocycles. The molecule has 90 valence electrons. The first-order chi connectivity index (χ1) is 8.81. The molecule has 3 aromatic rings. The zero-order valence-corrected chi connectivity index (χ0v) is 10.8. The van der Waals surface area contributed by atoms with E-state index in [1.165, 1.54) is 6.33 Å². The number of rotatable bonds is 3. The van der Waals surface area contributed by atoms with Crippen LogP contribution in [0.15, 0.2) is 39.6 Å². The van der Waals surface area contributed by atoms with Crippen molar-refractivity contribution in [2.24, 2.45) is 0 Å². The molecule has 0 aliphatic rings. The lowest BCUT2D eigenvalue weighted by Gasteiger charge is -1.96. The van der Waals surface area contributed by atoms with E-state index in [-0.39, 0.29) is 0 Å². The van der Waals surface area contributed by atoms with Gasteiger partial charge >= 0.3 is 0 Å². The Morgan fingerprint density at radius 1 is 1.22 bits per heavy atom. The Morgan fingerprint density at radius 3 is 2.78 bits per heavy atom. The highest BCUT2D eigenvalue weighted by Gasteiger charge is 2.11. The minimum atomic E-state index is 0.416. The van der Waals surface area contributed by atoms with Crippen LogP contribution in [-0.2, 0) is 6.42 Å². The molecule has 18 heavy (non-hydrogen) atoms. The minimum Gasteiger partial charge on any atom is -0.339 e. The summed E-state index contributed by atoms with van der Waals surface area (Å²) < 4.78 is 6.20. The molecule has 0 saturated heterocycles. The molecule has 2 aromatic heterocycles. The van der Waals surface area contributed by atoms with Crippen LogP contribution in [-0.4, -0.2) is 25.3 Å². The zero-order valence-electron chi connectivity index (χ0n) is 9.17. The molecule has 0 fully saturated rings. The van der Waals surface area contributed by atoms with E-state index in [9.17, 15) is 0 Å². The number of aromatic amines is 1. The lowest BCUT2D eigenvalue weighted by molar-refractivity contribution is 0.385. The highest BCUT2D eigenvalue weighted by molar-refractivity contribution is 9.10. The van der Waals surface area contributed by atoms with Crippen molar-refractivity contribution < 1.29 is 4.52 Å². The van der Waals surface area contributed by atoms with Gasteiger partial charge in [0.15, 0.2) is 5.82 Å². The van der Waals surface area contributed by atoms with Crippen LogP contribution in [0.25, 0.3) is 11.6 Å². The number of nitrogens with zero attached hydrogens (tertiary/aromatic N) is 4. The van der Waals surface area contributed by atoms with Crippen LogP contribution in [0.4, 0.5) is 0 Å². The normalized spacial score (nSPS) is 10.7. The molecular weight excluding hydrogens is 298 g/mol. The first kappa shape index (κ1) is 11.1. The first-order valence-corrected chi connectivity index (χ1v) is 6.03. The van der Waals surface area contributed by atoms with E-state index < -0.39 is 0 Å². The van der Waals surface area contributed by atoms with Crippen LogP contribution in [0.3, 0.4) is 0 Å². The van der Waals surface area contributed by atoms with Crippen molar-refractivity contribution in [2.45, 2.75) is 6.42 Å². The average molecular weight is 306 g/mol. The van der Waals surface area contributed by atoms with Gasteiger partial charge in [-0.15, -0.1) is 0 Å². The van der Waals surface area contributed by atoms with E-state index in [0.29, 0.717) is 24.0 Å². The summed E-state index contributed by atoms with van der Waals surface area (Å²) in [6, 6.07) is 7.96. The van der Waals surface area contributed by atoms with Crippen LogP contribution >= 0.6 is 15.9 Å². The van der Waals surface area contributed by atoms with Gasteiger partial charge in [0, 0.05) is 4.47 Å². The van der Waals surface area contributed by atoms with Gasteiger partial charge in [-0.05, 0) is 17.7 Å². The largest absolute Gasteiger partial charge is 0.339 e. The van der Waals surface area contributed by atoms with Gasteiger partial charge in [0.2, 0.25) is 11.7 Å². The van der Waals surface area contributed by atoms with Crippen molar-refractivity contribution in [3.05, 3.63) is 46.5 Å². The van der Waals surface area contributed by atoms with Crippen LogP contribution < -0.4 is 0 Å². The number of halogens is 1. The molecule has 3 rings (SSSR count). The first-order valence-electron chi connectivity index (χ1n) is 5.24. The number of H-pyrrole nitrogens is 1.